The first-order valence-electron chi connectivity index (χ1n) is 10.2. The highest BCUT2D eigenvalue weighted by molar-refractivity contribution is 7.89. The van der Waals surface area contributed by atoms with Crippen molar-refractivity contribution in [2.45, 2.75) is 50.2 Å². The van der Waals surface area contributed by atoms with Crippen LogP contribution in [-0.2, 0) is 14.8 Å². The highest BCUT2D eigenvalue weighted by Gasteiger charge is 2.29. The van der Waals surface area contributed by atoms with E-state index in [0.717, 1.165) is 0 Å². The van der Waals surface area contributed by atoms with Gasteiger partial charge in [0.1, 0.15) is 11.1 Å². The van der Waals surface area contributed by atoms with Crippen LogP contribution in [0, 0.1) is 0 Å². The molecule has 10 heteroatoms. The minimum atomic E-state index is -3.76. The monoisotopic (exact) mass is 446 g/mol. The lowest BCUT2D eigenvalue weighted by molar-refractivity contribution is 0.0203. The Hall–Kier alpha value is -2.85. The molecule has 1 fully saturated rings. The zero-order chi connectivity index (χ0) is 22.4. The fourth-order valence-electron chi connectivity index (χ4n) is 3.78. The van der Waals surface area contributed by atoms with E-state index in [0.29, 0.717) is 47.7 Å². The molecule has 166 valence electrons. The van der Waals surface area contributed by atoms with Gasteiger partial charge in [0.25, 0.3) is 5.56 Å². The van der Waals surface area contributed by atoms with Gasteiger partial charge in [-0.2, -0.15) is 0 Å². The minimum absolute atomic E-state index is 0.135. The number of hydrogen-bond donors (Lipinski definition) is 3. The maximum absolute atomic E-state index is 13.0. The lowest BCUT2D eigenvalue weighted by Crippen LogP contribution is -2.47. The highest BCUT2D eigenvalue weighted by Crippen LogP contribution is 2.26. The number of piperidine rings is 1. The molecule has 0 unspecified atom stereocenters. The fourth-order valence-corrected chi connectivity index (χ4v) is 5.11. The Bertz CT molecular complexity index is 1290. The number of nitrogens with one attached hydrogen (secondary N) is 3. The van der Waals surface area contributed by atoms with Gasteiger partial charge in [-0.1, -0.05) is 0 Å². The summed E-state index contributed by atoms with van der Waals surface area (Å²) in [6.07, 6.45) is 2.16. The van der Waals surface area contributed by atoms with E-state index >= 15 is 0 Å². The van der Waals surface area contributed by atoms with E-state index < -0.39 is 15.6 Å². The molecule has 4 rings (SSSR count). The van der Waals surface area contributed by atoms with Crippen LogP contribution < -0.4 is 10.3 Å². The van der Waals surface area contributed by atoms with E-state index in [-0.39, 0.29) is 22.6 Å². The number of ether oxygens (including phenoxy) is 1. The standard InChI is InChI=1S/C21H26N4O5S/c1-21(2,3)30-20(27)25-10-7-13(8-11-25)24-31(28,29)14-4-5-17-16(12-14)15-6-9-22-19(26)18(15)23-17/h4-6,9,12-13,23-24H,7-8,10-11H2,1-3H3,(H,22,26). The number of likely N-dealkylation sites (tertiary alicyclic amines) is 1. The van der Waals surface area contributed by atoms with Crippen molar-refractivity contribution in [3.63, 3.8) is 0 Å². The van der Waals surface area contributed by atoms with Crippen LogP contribution in [0.1, 0.15) is 33.6 Å². The van der Waals surface area contributed by atoms with Gasteiger partial charge in [0.15, 0.2) is 0 Å². The van der Waals surface area contributed by atoms with Gasteiger partial charge >= 0.3 is 6.09 Å². The van der Waals surface area contributed by atoms with Crippen molar-refractivity contribution >= 4 is 37.9 Å². The largest absolute Gasteiger partial charge is 0.444 e. The second-order valence-corrected chi connectivity index (χ2v) is 10.5. The van der Waals surface area contributed by atoms with E-state index in [4.69, 9.17) is 4.74 Å². The van der Waals surface area contributed by atoms with Crippen molar-refractivity contribution < 1.29 is 17.9 Å². The lowest BCUT2D eigenvalue weighted by atomic mass is 10.1. The molecule has 3 heterocycles. The second kappa shape index (κ2) is 7.69. The summed E-state index contributed by atoms with van der Waals surface area (Å²) in [6, 6.07) is 6.22. The van der Waals surface area contributed by atoms with E-state index in [1.807, 2.05) is 20.8 Å². The smallest absolute Gasteiger partial charge is 0.410 e. The van der Waals surface area contributed by atoms with Gasteiger partial charge in [0.05, 0.1) is 4.90 Å². The Kier molecular flexibility index (Phi) is 5.30. The molecule has 0 radical (unpaired) electrons. The SMILES string of the molecule is CC(C)(C)OC(=O)N1CCC(NS(=O)(=O)c2ccc3[nH]c4c(=O)[nH]ccc4c3c2)CC1. The third-order valence-electron chi connectivity index (χ3n) is 5.28. The number of carbonyl (C=O) groups is 1. The van der Waals surface area contributed by atoms with Gasteiger partial charge in [-0.05, 0) is 57.9 Å². The van der Waals surface area contributed by atoms with Crippen molar-refractivity contribution in [1.82, 2.24) is 19.6 Å². The molecule has 3 aromatic rings. The van der Waals surface area contributed by atoms with Crippen LogP contribution in [0.3, 0.4) is 0 Å². The number of aromatic nitrogens is 2. The van der Waals surface area contributed by atoms with Crippen LogP contribution in [-0.4, -0.2) is 54.1 Å². The molecule has 1 aliphatic heterocycles. The zero-order valence-electron chi connectivity index (χ0n) is 17.7. The summed E-state index contributed by atoms with van der Waals surface area (Å²) < 4.78 is 34.1. The third-order valence-corrected chi connectivity index (χ3v) is 6.80. The van der Waals surface area contributed by atoms with Gasteiger partial charge < -0.3 is 19.6 Å². The first-order chi connectivity index (χ1) is 14.5. The summed E-state index contributed by atoms with van der Waals surface area (Å²) >= 11 is 0. The minimum Gasteiger partial charge on any atom is -0.444 e. The molecule has 0 saturated carbocycles. The third kappa shape index (κ3) is 4.45. The molecule has 0 spiro atoms. The number of H-pyrrole nitrogens is 2. The molecule has 1 aromatic carbocycles. The van der Waals surface area contributed by atoms with Crippen molar-refractivity contribution in [2.75, 3.05) is 13.1 Å². The first kappa shape index (κ1) is 21.4. The molecule has 0 atom stereocenters. The summed E-state index contributed by atoms with van der Waals surface area (Å²) in [7, 11) is -3.76. The van der Waals surface area contributed by atoms with Crippen molar-refractivity contribution in [2.24, 2.45) is 0 Å². The topological polar surface area (TPSA) is 124 Å². The molecule has 3 N–H and O–H groups in total. The number of benzene rings is 1. The van der Waals surface area contributed by atoms with Crippen LogP contribution in [0.4, 0.5) is 4.79 Å². The molecule has 1 saturated heterocycles. The number of pyridine rings is 1. The summed E-state index contributed by atoms with van der Waals surface area (Å²) in [5.74, 6) is 0. The Morgan fingerprint density at radius 2 is 1.87 bits per heavy atom. The van der Waals surface area contributed by atoms with Crippen LogP contribution in [0.25, 0.3) is 21.8 Å². The Labute approximate surface area is 179 Å². The van der Waals surface area contributed by atoms with E-state index in [9.17, 15) is 18.0 Å². The number of nitrogens with zero attached hydrogens (tertiary/aromatic N) is 1. The molecule has 9 nitrogen and oxygen atoms in total. The van der Waals surface area contributed by atoms with Crippen molar-refractivity contribution in [1.29, 1.82) is 0 Å². The van der Waals surface area contributed by atoms with E-state index in [1.54, 1.807) is 23.1 Å². The van der Waals surface area contributed by atoms with Gasteiger partial charge in [-0.3, -0.25) is 4.79 Å². The summed E-state index contributed by atoms with van der Waals surface area (Å²) in [5.41, 5.74) is 0.278. The predicted molar refractivity (Wildman–Crippen MR) is 118 cm³/mol. The summed E-state index contributed by atoms with van der Waals surface area (Å²) in [6.45, 7) is 6.28. The van der Waals surface area contributed by atoms with Crippen LogP contribution in [0.15, 0.2) is 40.2 Å². The molecule has 2 aromatic heterocycles. The zero-order valence-corrected chi connectivity index (χ0v) is 18.5. The van der Waals surface area contributed by atoms with Crippen molar-refractivity contribution in [3.05, 3.63) is 40.8 Å². The Balaban J connectivity index is 1.49. The van der Waals surface area contributed by atoms with Crippen LogP contribution in [0.5, 0.6) is 0 Å². The average Bonchev–Trinajstić information content (AvgIpc) is 3.06. The van der Waals surface area contributed by atoms with Gasteiger partial charge in [0.2, 0.25) is 10.0 Å². The number of carbonyl (C=O) groups excluding carboxylic acids is 1. The number of rotatable bonds is 3. The van der Waals surface area contributed by atoms with Gasteiger partial charge in [-0.15, -0.1) is 0 Å². The van der Waals surface area contributed by atoms with Gasteiger partial charge in [0, 0.05) is 41.6 Å². The molecule has 1 aliphatic rings. The Morgan fingerprint density at radius 1 is 1.16 bits per heavy atom. The maximum Gasteiger partial charge on any atom is 0.410 e. The van der Waals surface area contributed by atoms with E-state index in [2.05, 4.69) is 14.7 Å². The molecular weight excluding hydrogens is 420 g/mol. The number of fused-ring (bicyclic) bond motifs is 3. The maximum atomic E-state index is 13.0. The normalized spacial score (nSPS) is 16.2. The number of sulfonamides is 1. The average molecular weight is 447 g/mol. The molecule has 0 aliphatic carbocycles. The molecule has 1 amide bonds. The van der Waals surface area contributed by atoms with Crippen LogP contribution >= 0.6 is 0 Å². The summed E-state index contributed by atoms with van der Waals surface area (Å²) in [5, 5.41) is 1.34. The van der Waals surface area contributed by atoms with Crippen LogP contribution in [0.2, 0.25) is 0 Å². The second-order valence-electron chi connectivity index (χ2n) is 8.79. The number of aromatic amines is 2. The van der Waals surface area contributed by atoms with Gasteiger partial charge in [-0.25, -0.2) is 17.9 Å². The predicted octanol–water partition coefficient (Wildman–Crippen LogP) is 2.69. The quantitative estimate of drug-likeness (QED) is 0.571. The van der Waals surface area contributed by atoms with Crippen molar-refractivity contribution in [3.8, 4) is 0 Å². The highest BCUT2D eigenvalue weighted by atomic mass is 32.2. The molecule has 0 bridgehead atoms. The fraction of sp³-hybridized carbons (Fsp3) is 0.429. The molecule has 31 heavy (non-hydrogen) atoms. The lowest BCUT2D eigenvalue weighted by Gasteiger charge is -2.33. The van der Waals surface area contributed by atoms with E-state index in [1.165, 1.54) is 12.3 Å². The summed E-state index contributed by atoms with van der Waals surface area (Å²) in [4.78, 5) is 31.6. The Morgan fingerprint density at radius 3 is 2.55 bits per heavy atom. The molecular formula is C21H26N4O5S. The number of amides is 1. The number of hydrogen-bond acceptors (Lipinski definition) is 5. The first-order valence-corrected chi connectivity index (χ1v) is 11.7.